The van der Waals surface area contributed by atoms with Crippen LogP contribution in [-0.4, -0.2) is 65.2 Å². The predicted molar refractivity (Wildman–Crippen MR) is 90.6 cm³/mol. The van der Waals surface area contributed by atoms with Crippen molar-refractivity contribution in [3.05, 3.63) is 35.9 Å². The van der Waals surface area contributed by atoms with Gasteiger partial charge in [0.15, 0.2) is 0 Å². The van der Waals surface area contributed by atoms with E-state index in [-0.39, 0.29) is 31.0 Å². The number of carbonyl (C=O) groups excluding carboxylic acids is 1. The molecule has 0 bridgehead atoms. The van der Waals surface area contributed by atoms with Gasteiger partial charge in [0.25, 0.3) is 0 Å². The van der Waals surface area contributed by atoms with E-state index in [4.69, 9.17) is 9.84 Å². The molecule has 0 aromatic heterocycles. The Morgan fingerprint density at radius 1 is 1.33 bits per heavy atom. The molecule has 1 aliphatic rings. The van der Waals surface area contributed by atoms with Crippen LogP contribution in [0.25, 0.3) is 0 Å². The zero-order valence-electron chi connectivity index (χ0n) is 14.4. The molecule has 0 saturated carbocycles. The van der Waals surface area contributed by atoms with Gasteiger partial charge in [-0.3, -0.25) is 14.5 Å². The number of aliphatic carboxylic acids is 1. The number of benzene rings is 1. The van der Waals surface area contributed by atoms with Gasteiger partial charge in [0.2, 0.25) is 5.91 Å². The van der Waals surface area contributed by atoms with Gasteiger partial charge in [-0.15, -0.1) is 0 Å². The van der Waals surface area contributed by atoms with Crippen molar-refractivity contribution in [3.8, 4) is 0 Å². The van der Waals surface area contributed by atoms with Gasteiger partial charge in [-0.1, -0.05) is 30.3 Å². The summed E-state index contributed by atoms with van der Waals surface area (Å²) in [5, 5.41) is 8.96. The molecule has 0 radical (unpaired) electrons. The molecule has 1 aromatic rings. The van der Waals surface area contributed by atoms with Gasteiger partial charge in [0, 0.05) is 25.7 Å². The predicted octanol–water partition coefficient (Wildman–Crippen LogP) is 1.60. The Bertz CT molecular complexity index is 547. The molecule has 1 unspecified atom stereocenters. The van der Waals surface area contributed by atoms with E-state index in [1.165, 1.54) is 10.5 Å². The molecule has 0 aliphatic carbocycles. The minimum Gasteiger partial charge on any atom is -0.480 e. The smallest absolute Gasteiger partial charge is 0.323 e. The van der Waals surface area contributed by atoms with Gasteiger partial charge < -0.3 is 14.7 Å². The quantitative estimate of drug-likeness (QED) is 0.820. The lowest BCUT2D eigenvalue weighted by Crippen LogP contribution is -2.46. The first-order valence-corrected chi connectivity index (χ1v) is 8.35. The fraction of sp³-hybridized carbons (Fsp3) is 0.556. The van der Waals surface area contributed by atoms with E-state index >= 15 is 0 Å². The first kappa shape index (κ1) is 18.4. The molecule has 6 nitrogen and oxygen atoms in total. The van der Waals surface area contributed by atoms with Gasteiger partial charge in [-0.25, -0.2) is 0 Å². The molecule has 2 rings (SSSR count). The van der Waals surface area contributed by atoms with Crippen LogP contribution in [0.3, 0.4) is 0 Å². The SMILES string of the molecule is CC(C)N(CC(=O)O)C(=O)CC1CN(Cc2ccccc2)CCO1. The fourth-order valence-corrected chi connectivity index (χ4v) is 2.91. The third-order valence-electron chi connectivity index (χ3n) is 4.12. The van der Waals surface area contributed by atoms with Gasteiger partial charge in [0.1, 0.15) is 6.54 Å². The van der Waals surface area contributed by atoms with E-state index in [0.29, 0.717) is 13.2 Å². The van der Waals surface area contributed by atoms with Crippen molar-refractivity contribution in [2.75, 3.05) is 26.2 Å². The molecule has 1 heterocycles. The lowest BCUT2D eigenvalue weighted by atomic mass is 10.1. The van der Waals surface area contributed by atoms with Gasteiger partial charge in [-0.2, -0.15) is 0 Å². The molecule has 0 spiro atoms. The Kier molecular flexibility index (Phi) is 6.75. The average molecular weight is 334 g/mol. The highest BCUT2D eigenvalue weighted by Crippen LogP contribution is 2.14. The van der Waals surface area contributed by atoms with Crippen LogP contribution in [0.4, 0.5) is 0 Å². The van der Waals surface area contributed by atoms with E-state index in [2.05, 4.69) is 17.0 Å². The summed E-state index contributed by atoms with van der Waals surface area (Å²) in [5.41, 5.74) is 1.24. The summed E-state index contributed by atoms with van der Waals surface area (Å²) in [5.74, 6) is -1.16. The van der Waals surface area contributed by atoms with Crippen LogP contribution in [0.15, 0.2) is 30.3 Å². The Morgan fingerprint density at radius 2 is 2.04 bits per heavy atom. The van der Waals surface area contributed by atoms with Crippen LogP contribution in [0, 0.1) is 0 Å². The number of carboxylic acids is 1. The zero-order valence-corrected chi connectivity index (χ0v) is 14.4. The number of hydrogen-bond acceptors (Lipinski definition) is 4. The van der Waals surface area contributed by atoms with E-state index in [1.807, 2.05) is 32.0 Å². The van der Waals surface area contributed by atoms with Crippen molar-refractivity contribution in [2.24, 2.45) is 0 Å². The standard InChI is InChI=1S/C18H26N2O4/c1-14(2)20(13-18(22)23)17(21)10-16-12-19(8-9-24-16)11-15-6-4-3-5-7-15/h3-7,14,16H,8-13H2,1-2H3,(H,22,23). The molecule has 1 saturated heterocycles. The summed E-state index contributed by atoms with van der Waals surface area (Å²) in [6.45, 7) is 6.32. The van der Waals surface area contributed by atoms with Crippen LogP contribution in [0.1, 0.15) is 25.8 Å². The first-order chi connectivity index (χ1) is 11.5. The Morgan fingerprint density at radius 3 is 2.67 bits per heavy atom. The van der Waals surface area contributed by atoms with Crippen LogP contribution in [0.5, 0.6) is 0 Å². The molecule has 6 heteroatoms. The fourth-order valence-electron chi connectivity index (χ4n) is 2.91. The number of carboxylic acid groups (broad SMARTS) is 1. The number of nitrogens with zero attached hydrogens (tertiary/aromatic N) is 2. The maximum atomic E-state index is 12.4. The first-order valence-electron chi connectivity index (χ1n) is 8.35. The average Bonchev–Trinajstić information content (AvgIpc) is 2.53. The molecule has 1 amide bonds. The van der Waals surface area contributed by atoms with Crippen molar-refractivity contribution in [2.45, 2.75) is 39.0 Å². The Balaban J connectivity index is 1.89. The molecular weight excluding hydrogens is 308 g/mol. The number of hydrogen-bond donors (Lipinski definition) is 1. The second-order valence-corrected chi connectivity index (χ2v) is 6.43. The van der Waals surface area contributed by atoms with E-state index in [1.54, 1.807) is 0 Å². The maximum absolute atomic E-state index is 12.4. The molecule has 24 heavy (non-hydrogen) atoms. The zero-order chi connectivity index (χ0) is 17.5. The maximum Gasteiger partial charge on any atom is 0.323 e. The molecule has 1 aromatic carbocycles. The highest BCUT2D eigenvalue weighted by atomic mass is 16.5. The van der Waals surface area contributed by atoms with Crippen molar-refractivity contribution < 1.29 is 19.4 Å². The highest BCUT2D eigenvalue weighted by Gasteiger charge is 2.27. The van der Waals surface area contributed by atoms with E-state index in [9.17, 15) is 9.59 Å². The van der Waals surface area contributed by atoms with Crippen molar-refractivity contribution >= 4 is 11.9 Å². The van der Waals surface area contributed by atoms with E-state index < -0.39 is 5.97 Å². The van der Waals surface area contributed by atoms with Gasteiger partial charge in [-0.05, 0) is 19.4 Å². The van der Waals surface area contributed by atoms with Crippen molar-refractivity contribution in [1.29, 1.82) is 0 Å². The van der Waals surface area contributed by atoms with Gasteiger partial charge in [0.05, 0.1) is 19.1 Å². The number of rotatable bonds is 7. The van der Waals surface area contributed by atoms with Crippen LogP contribution < -0.4 is 0 Å². The minimum atomic E-state index is -0.993. The number of carbonyl (C=O) groups is 2. The summed E-state index contributed by atoms with van der Waals surface area (Å²) < 4.78 is 5.71. The number of ether oxygens (including phenoxy) is 1. The van der Waals surface area contributed by atoms with Crippen LogP contribution in [-0.2, 0) is 20.9 Å². The van der Waals surface area contributed by atoms with E-state index in [0.717, 1.165) is 13.1 Å². The summed E-state index contributed by atoms with van der Waals surface area (Å²) in [4.78, 5) is 27.0. The second kappa shape index (κ2) is 8.80. The minimum absolute atomic E-state index is 0.141. The van der Waals surface area contributed by atoms with Crippen molar-refractivity contribution in [3.63, 3.8) is 0 Å². The number of morpholine rings is 1. The second-order valence-electron chi connectivity index (χ2n) is 6.43. The monoisotopic (exact) mass is 334 g/mol. The lowest BCUT2D eigenvalue weighted by molar-refractivity contribution is -0.148. The number of amides is 1. The Labute approximate surface area is 143 Å². The lowest BCUT2D eigenvalue weighted by Gasteiger charge is -2.34. The largest absolute Gasteiger partial charge is 0.480 e. The molecular formula is C18H26N2O4. The third-order valence-corrected chi connectivity index (χ3v) is 4.12. The molecule has 132 valence electrons. The highest BCUT2D eigenvalue weighted by molar-refractivity contribution is 5.82. The Hall–Kier alpha value is -1.92. The van der Waals surface area contributed by atoms with Crippen LogP contribution in [0.2, 0.25) is 0 Å². The molecule has 1 atom stereocenters. The van der Waals surface area contributed by atoms with Gasteiger partial charge >= 0.3 is 5.97 Å². The summed E-state index contributed by atoms with van der Waals surface area (Å²) in [6.07, 6.45) is 0.0292. The topological polar surface area (TPSA) is 70.1 Å². The third kappa shape index (κ3) is 5.62. The summed E-state index contributed by atoms with van der Waals surface area (Å²) in [6, 6.07) is 10.1. The summed E-state index contributed by atoms with van der Waals surface area (Å²) in [7, 11) is 0. The van der Waals surface area contributed by atoms with Crippen molar-refractivity contribution in [1.82, 2.24) is 9.80 Å². The normalized spacial score (nSPS) is 18.5. The molecule has 1 fully saturated rings. The van der Waals surface area contributed by atoms with Crippen LogP contribution >= 0.6 is 0 Å². The summed E-state index contributed by atoms with van der Waals surface area (Å²) >= 11 is 0. The molecule has 1 aliphatic heterocycles. The molecule has 1 N–H and O–H groups in total.